The number of fused-ring (bicyclic) bond motifs is 1. The fraction of sp³-hybridized carbons (Fsp3) is 0.235. The monoisotopic (exact) mass is 281 g/mol. The minimum Gasteiger partial charge on any atom is -0.485 e. The average molecular weight is 281 g/mol. The van der Waals surface area contributed by atoms with Gasteiger partial charge in [0.1, 0.15) is 18.1 Å². The lowest BCUT2D eigenvalue weighted by atomic mass is 10.2. The third-order valence-electron chi connectivity index (χ3n) is 3.68. The van der Waals surface area contributed by atoms with Gasteiger partial charge in [0.2, 0.25) is 0 Å². The van der Waals surface area contributed by atoms with Gasteiger partial charge in [0.05, 0.1) is 11.2 Å². The van der Waals surface area contributed by atoms with Crippen LogP contribution in [0.25, 0.3) is 10.9 Å². The highest BCUT2D eigenvalue weighted by molar-refractivity contribution is 5.81. The van der Waals surface area contributed by atoms with Crippen LogP contribution < -0.4 is 10.5 Å². The molecule has 0 spiro atoms. The van der Waals surface area contributed by atoms with Crippen molar-refractivity contribution in [3.8, 4) is 5.75 Å². The molecular weight excluding hydrogens is 262 g/mol. The number of para-hydroxylation sites is 2. The number of aromatic nitrogens is 2. The molecule has 108 valence electrons. The normalized spacial score (nSPS) is 11.0. The number of ether oxygens (including phenoxy) is 1. The second kappa shape index (κ2) is 5.48. The van der Waals surface area contributed by atoms with E-state index >= 15 is 0 Å². The number of rotatable bonds is 4. The summed E-state index contributed by atoms with van der Waals surface area (Å²) >= 11 is 0. The highest BCUT2D eigenvalue weighted by Gasteiger charge is 2.10. The van der Waals surface area contributed by atoms with Crippen LogP contribution in [0.5, 0.6) is 5.75 Å². The van der Waals surface area contributed by atoms with Gasteiger partial charge in [0.15, 0.2) is 0 Å². The van der Waals surface area contributed by atoms with Gasteiger partial charge < -0.3 is 10.5 Å². The molecule has 0 aliphatic heterocycles. The van der Waals surface area contributed by atoms with Gasteiger partial charge in [-0.15, -0.1) is 0 Å². The van der Waals surface area contributed by atoms with Crippen LogP contribution in [0.1, 0.15) is 18.2 Å². The molecular formula is C17H19N3O. The van der Waals surface area contributed by atoms with Crippen molar-refractivity contribution in [3.05, 3.63) is 53.7 Å². The molecule has 0 amide bonds. The van der Waals surface area contributed by atoms with E-state index in [0.717, 1.165) is 28.7 Å². The van der Waals surface area contributed by atoms with Crippen molar-refractivity contribution in [2.45, 2.75) is 27.0 Å². The minimum atomic E-state index is 0.418. The molecule has 3 rings (SSSR count). The molecule has 0 bridgehead atoms. The minimum absolute atomic E-state index is 0.418. The highest BCUT2D eigenvalue weighted by atomic mass is 16.5. The summed E-state index contributed by atoms with van der Waals surface area (Å²) in [5.74, 6) is 0.713. The zero-order chi connectivity index (χ0) is 14.8. The Morgan fingerprint density at radius 2 is 1.95 bits per heavy atom. The summed E-state index contributed by atoms with van der Waals surface area (Å²) in [7, 11) is 0. The third kappa shape index (κ3) is 2.44. The third-order valence-corrected chi connectivity index (χ3v) is 3.68. The smallest absolute Gasteiger partial charge is 0.143 e. The number of nitrogens with two attached hydrogens (primary N) is 1. The van der Waals surface area contributed by atoms with E-state index in [1.165, 1.54) is 0 Å². The lowest BCUT2D eigenvalue weighted by Gasteiger charge is -2.09. The van der Waals surface area contributed by atoms with Crippen LogP contribution in [0.3, 0.4) is 0 Å². The Hall–Kier alpha value is -2.49. The molecule has 0 saturated carbocycles. The van der Waals surface area contributed by atoms with Crippen molar-refractivity contribution in [1.29, 1.82) is 0 Å². The lowest BCUT2D eigenvalue weighted by molar-refractivity contribution is 0.302. The van der Waals surface area contributed by atoms with Crippen molar-refractivity contribution in [2.24, 2.45) is 0 Å². The van der Waals surface area contributed by atoms with Crippen LogP contribution in [-0.2, 0) is 13.2 Å². The SMILES string of the molecule is CCn1nc(COc2cccc(C)c2N)c2ccccc21. The molecule has 4 heteroatoms. The zero-order valence-electron chi connectivity index (χ0n) is 12.3. The fourth-order valence-corrected chi connectivity index (χ4v) is 2.47. The van der Waals surface area contributed by atoms with Crippen LogP contribution in [0, 0.1) is 6.92 Å². The Bertz CT molecular complexity index is 777. The molecule has 3 aromatic rings. The van der Waals surface area contributed by atoms with E-state index in [9.17, 15) is 0 Å². The van der Waals surface area contributed by atoms with Crippen LogP contribution in [0.4, 0.5) is 5.69 Å². The summed E-state index contributed by atoms with van der Waals surface area (Å²) in [4.78, 5) is 0. The second-order valence-corrected chi connectivity index (χ2v) is 5.06. The molecule has 0 atom stereocenters. The topological polar surface area (TPSA) is 53.1 Å². The molecule has 1 heterocycles. The highest BCUT2D eigenvalue weighted by Crippen LogP contribution is 2.26. The van der Waals surface area contributed by atoms with Crippen LogP contribution in [0.15, 0.2) is 42.5 Å². The average Bonchev–Trinajstić information content (AvgIpc) is 2.87. The first kappa shape index (κ1) is 13.5. The summed E-state index contributed by atoms with van der Waals surface area (Å²) in [5, 5.41) is 5.76. The van der Waals surface area contributed by atoms with E-state index in [1.54, 1.807) is 0 Å². The number of nitrogen functional groups attached to an aromatic ring is 1. The van der Waals surface area contributed by atoms with Gasteiger partial charge in [-0.05, 0) is 31.5 Å². The molecule has 2 aromatic carbocycles. The quantitative estimate of drug-likeness (QED) is 0.744. The maximum Gasteiger partial charge on any atom is 0.143 e. The maximum absolute atomic E-state index is 6.04. The van der Waals surface area contributed by atoms with E-state index in [1.807, 2.05) is 41.9 Å². The van der Waals surface area contributed by atoms with Crippen molar-refractivity contribution in [3.63, 3.8) is 0 Å². The predicted molar refractivity (Wildman–Crippen MR) is 85.3 cm³/mol. The molecule has 0 unspecified atom stereocenters. The number of hydrogen-bond donors (Lipinski definition) is 1. The Morgan fingerprint density at radius 1 is 1.14 bits per heavy atom. The van der Waals surface area contributed by atoms with E-state index < -0.39 is 0 Å². The standard InChI is InChI=1S/C17H19N3O/c1-3-20-15-9-5-4-8-13(15)14(19-20)11-21-16-10-6-7-12(2)17(16)18/h4-10H,3,11,18H2,1-2H3. The largest absolute Gasteiger partial charge is 0.485 e. The first-order valence-electron chi connectivity index (χ1n) is 7.13. The summed E-state index contributed by atoms with van der Waals surface area (Å²) in [5.41, 5.74) is 9.83. The van der Waals surface area contributed by atoms with Gasteiger partial charge in [-0.2, -0.15) is 5.10 Å². The Kier molecular flexibility index (Phi) is 3.52. The van der Waals surface area contributed by atoms with Crippen molar-refractivity contribution in [1.82, 2.24) is 9.78 Å². The first-order valence-corrected chi connectivity index (χ1v) is 7.13. The maximum atomic E-state index is 6.04. The summed E-state index contributed by atoms with van der Waals surface area (Å²) in [6.07, 6.45) is 0. The molecule has 4 nitrogen and oxygen atoms in total. The van der Waals surface area contributed by atoms with Gasteiger partial charge in [-0.3, -0.25) is 4.68 Å². The van der Waals surface area contributed by atoms with Crippen LogP contribution >= 0.6 is 0 Å². The molecule has 0 saturated heterocycles. The van der Waals surface area contributed by atoms with Crippen molar-refractivity contribution >= 4 is 16.6 Å². The molecule has 0 aliphatic carbocycles. The zero-order valence-corrected chi connectivity index (χ0v) is 12.3. The van der Waals surface area contributed by atoms with Gasteiger partial charge >= 0.3 is 0 Å². The van der Waals surface area contributed by atoms with E-state index in [4.69, 9.17) is 10.5 Å². The summed E-state index contributed by atoms with van der Waals surface area (Å²) < 4.78 is 7.86. The number of aryl methyl sites for hydroxylation is 2. The van der Waals surface area contributed by atoms with Gasteiger partial charge in [-0.1, -0.05) is 30.3 Å². The first-order chi connectivity index (χ1) is 10.2. The van der Waals surface area contributed by atoms with E-state index in [-0.39, 0.29) is 0 Å². The predicted octanol–water partition coefficient (Wildman–Crippen LogP) is 3.53. The van der Waals surface area contributed by atoms with Crippen molar-refractivity contribution in [2.75, 3.05) is 5.73 Å². The van der Waals surface area contributed by atoms with E-state index in [0.29, 0.717) is 18.0 Å². The molecule has 0 radical (unpaired) electrons. The molecule has 2 N–H and O–H groups in total. The molecule has 0 fully saturated rings. The summed E-state index contributed by atoms with van der Waals surface area (Å²) in [6, 6.07) is 14.0. The second-order valence-electron chi connectivity index (χ2n) is 5.06. The molecule has 0 aliphatic rings. The number of hydrogen-bond acceptors (Lipinski definition) is 3. The molecule has 1 aromatic heterocycles. The lowest BCUT2D eigenvalue weighted by Crippen LogP contribution is -2.02. The van der Waals surface area contributed by atoms with Crippen LogP contribution in [0.2, 0.25) is 0 Å². The Morgan fingerprint density at radius 3 is 2.76 bits per heavy atom. The van der Waals surface area contributed by atoms with Gasteiger partial charge in [-0.25, -0.2) is 0 Å². The Labute approximate surface area is 124 Å². The van der Waals surface area contributed by atoms with E-state index in [2.05, 4.69) is 24.2 Å². The fourth-order valence-electron chi connectivity index (χ4n) is 2.47. The van der Waals surface area contributed by atoms with Crippen molar-refractivity contribution < 1.29 is 4.74 Å². The number of nitrogens with zero attached hydrogens (tertiary/aromatic N) is 2. The molecule has 21 heavy (non-hydrogen) atoms. The number of anilines is 1. The van der Waals surface area contributed by atoms with Crippen LogP contribution in [-0.4, -0.2) is 9.78 Å². The Balaban J connectivity index is 1.90. The summed E-state index contributed by atoms with van der Waals surface area (Å²) in [6.45, 7) is 5.32. The number of benzene rings is 2. The van der Waals surface area contributed by atoms with Gasteiger partial charge in [0, 0.05) is 11.9 Å². The van der Waals surface area contributed by atoms with Gasteiger partial charge in [0.25, 0.3) is 0 Å².